The first-order valence-electron chi connectivity index (χ1n) is 7.32. The summed E-state index contributed by atoms with van der Waals surface area (Å²) >= 11 is 0. The van der Waals surface area contributed by atoms with E-state index in [9.17, 15) is 8.78 Å². The molecule has 0 radical (unpaired) electrons. The van der Waals surface area contributed by atoms with E-state index in [0.717, 1.165) is 25.9 Å². The Kier molecular flexibility index (Phi) is 5.54. The lowest BCUT2D eigenvalue weighted by Crippen LogP contribution is -2.50. The van der Waals surface area contributed by atoms with Crippen LogP contribution in [0.2, 0.25) is 0 Å². The van der Waals surface area contributed by atoms with E-state index in [4.69, 9.17) is 9.47 Å². The summed E-state index contributed by atoms with van der Waals surface area (Å²) in [5.74, 6) is 0.578. The van der Waals surface area contributed by atoms with Gasteiger partial charge in [0.15, 0.2) is 0 Å². The van der Waals surface area contributed by atoms with E-state index in [1.165, 1.54) is 19.3 Å². The summed E-state index contributed by atoms with van der Waals surface area (Å²) in [4.78, 5) is 0. The first-order valence-corrected chi connectivity index (χ1v) is 7.32. The van der Waals surface area contributed by atoms with Gasteiger partial charge in [-0.2, -0.15) is 0 Å². The summed E-state index contributed by atoms with van der Waals surface area (Å²) in [5.41, 5.74) is 0.141. The predicted molar refractivity (Wildman–Crippen MR) is 69.5 cm³/mol. The van der Waals surface area contributed by atoms with Gasteiger partial charge in [-0.25, -0.2) is 8.78 Å². The molecule has 1 heterocycles. The zero-order chi connectivity index (χ0) is 13.7. The van der Waals surface area contributed by atoms with Crippen molar-refractivity contribution < 1.29 is 18.3 Å². The smallest absolute Gasteiger partial charge is 0.261 e. The Morgan fingerprint density at radius 2 is 2.21 bits per heavy atom. The standard InChI is InChI=1S/C14H25F2NO2/c1-17-12(4-7-18-10-13(15)16)11-3-8-19-14(9-11)5-2-6-14/h11-13,17H,2-10H2,1H3. The summed E-state index contributed by atoms with van der Waals surface area (Å²) in [5, 5.41) is 3.32. The summed E-state index contributed by atoms with van der Waals surface area (Å²) < 4.78 is 34.9. The molecule has 19 heavy (non-hydrogen) atoms. The zero-order valence-corrected chi connectivity index (χ0v) is 11.7. The Hall–Kier alpha value is -0.260. The minimum Gasteiger partial charge on any atom is -0.375 e. The highest BCUT2D eigenvalue weighted by molar-refractivity contribution is 4.96. The predicted octanol–water partition coefficient (Wildman–Crippen LogP) is 2.60. The van der Waals surface area contributed by atoms with Gasteiger partial charge in [-0.1, -0.05) is 0 Å². The van der Waals surface area contributed by atoms with Crippen molar-refractivity contribution in [1.29, 1.82) is 0 Å². The van der Waals surface area contributed by atoms with Gasteiger partial charge in [0.25, 0.3) is 6.43 Å². The van der Waals surface area contributed by atoms with Crippen LogP contribution in [0.5, 0.6) is 0 Å². The Morgan fingerprint density at radius 3 is 2.79 bits per heavy atom. The largest absolute Gasteiger partial charge is 0.375 e. The number of nitrogens with one attached hydrogen (secondary N) is 1. The highest BCUT2D eigenvalue weighted by Crippen LogP contribution is 2.45. The van der Waals surface area contributed by atoms with Crippen molar-refractivity contribution in [1.82, 2.24) is 5.32 Å². The van der Waals surface area contributed by atoms with Gasteiger partial charge in [0.05, 0.1) is 5.60 Å². The van der Waals surface area contributed by atoms with E-state index in [-0.39, 0.29) is 5.60 Å². The van der Waals surface area contributed by atoms with Crippen LogP contribution in [0, 0.1) is 5.92 Å². The maximum atomic E-state index is 12.0. The van der Waals surface area contributed by atoms with Crippen LogP contribution in [-0.2, 0) is 9.47 Å². The summed E-state index contributed by atoms with van der Waals surface area (Å²) in [6, 6.07) is 0.346. The van der Waals surface area contributed by atoms with Crippen molar-refractivity contribution >= 4 is 0 Å². The normalized spacial score (nSPS) is 27.5. The molecule has 2 atom stereocenters. The van der Waals surface area contributed by atoms with Gasteiger partial charge in [-0.15, -0.1) is 0 Å². The Bertz CT molecular complexity index is 272. The van der Waals surface area contributed by atoms with Gasteiger partial charge in [0.1, 0.15) is 6.61 Å². The zero-order valence-electron chi connectivity index (χ0n) is 11.7. The Labute approximate surface area is 114 Å². The quantitative estimate of drug-likeness (QED) is 0.726. The lowest BCUT2D eigenvalue weighted by atomic mass is 9.70. The minimum atomic E-state index is -2.37. The van der Waals surface area contributed by atoms with Gasteiger partial charge in [-0.05, 0) is 51.5 Å². The lowest BCUT2D eigenvalue weighted by molar-refractivity contribution is -0.147. The van der Waals surface area contributed by atoms with Gasteiger partial charge < -0.3 is 14.8 Å². The molecule has 0 aromatic carbocycles. The molecule has 0 aromatic heterocycles. The lowest BCUT2D eigenvalue weighted by Gasteiger charge is -2.48. The van der Waals surface area contributed by atoms with Crippen LogP contribution in [0.1, 0.15) is 38.5 Å². The molecule has 2 unspecified atom stereocenters. The molecule has 2 fully saturated rings. The number of hydrogen-bond donors (Lipinski definition) is 1. The van der Waals surface area contributed by atoms with Crippen molar-refractivity contribution in [2.45, 2.75) is 56.6 Å². The van der Waals surface area contributed by atoms with Gasteiger partial charge in [-0.3, -0.25) is 0 Å². The van der Waals surface area contributed by atoms with Crippen molar-refractivity contribution in [2.75, 3.05) is 26.9 Å². The maximum absolute atomic E-state index is 12.0. The molecule has 1 saturated carbocycles. The third-order valence-corrected chi connectivity index (χ3v) is 4.55. The van der Waals surface area contributed by atoms with Gasteiger partial charge in [0, 0.05) is 19.3 Å². The molecule has 2 rings (SSSR count). The van der Waals surface area contributed by atoms with E-state index >= 15 is 0 Å². The van der Waals surface area contributed by atoms with Crippen LogP contribution in [0.25, 0.3) is 0 Å². The number of alkyl halides is 2. The Balaban J connectivity index is 1.73. The molecule has 112 valence electrons. The van der Waals surface area contributed by atoms with Crippen molar-refractivity contribution in [3.63, 3.8) is 0 Å². The van der Waals surface area contributed by atoms with E-state index in [1.807, 2.05) is 7.05 Å². The molecular weight excluding hydrogens is 252 g/mol. The number of halogens is 2. The van der Waals surface area contributed by atoms with Crippen LogP contribution >= 0.6 is 0 Å². The van der Waals surface area contributed by atoms with Crippen molar-refractivity contribution in [3.8, 4) is 0 Å². The third kappa shape index (κ3) is 4.10. The van der Waals surface area contributed by atoms with E-state index < -0.39 is 13.0 Å². The van der Waals surface area contributed by atoms with Crippen LogP contribution in [0.15, 0.2) is 0 Å². The van der Waals surface area contributed by atoms with E-state index in [1.54, 1.807) is 0 Å². The average molecular weight is 277 g/mol. The second kappa shape index (κ2) is 6.95. The number of ether oxygens (including phenoxy) is 2. The SMILES string of the molecule is CNC(CCOCC(F)F)C1CCOC2(CCC2)C1. The number of hydrogen-bond acceptors (Lipinski definition) is 3. The van der Waals surface area contributed by atoms with Crippen molar-refractivity contribution in [3.05, 3.63) is 0 Å². The van der Waals surface area contributed by atoms with Crippen LogP contribution in [0.4, 0.5) is 8.78 Å². The molecule has 1 saturated heterocycles. The molecule has 0 bridgehead atoms. The summed E-state index contributed by atoms with van der Waals surface area (Å²) in [6.07, 6.45) is 4.23. The fourth-order valence-corrected chi connectivity index (χ4v) is 3.33. The van der Waals surface area contributed by atoms with E-state index in [2.05, 4.69) is 5.32 Å². The third-order valence-electron chi connectivity index (χ3n) is 4.55. The number of rotatable bonds is 7. The molecule has 5 heteroatoms. The molecule has 1 spiro atoms. The van der Waals surface area contributed by atoms with Crippen LogP contribution < -0.4 is 5.32 Å². The molecule has 1 N–H and O–H groups in total. The minimum absolute atomic E-state index is 0.141. The highest BCUT2D eigenvalue weighted by atomic mass is 19.3. The monoisotopic (exact) mass is 277 g/mol. The second-order valence-corrected chi connectivity index (χ2v) is 5.79. The molecule has 3 nitrogen and oxygen atoms in total. The first-order chi connectivity index (χ1) is 9.15. The molecule has 2 aliphatic rings. The Morgan fingerprint density at radius 1 is 1.42 bits per heavy atom. The maximum Gasteiger partial charge on any atom is 0.261 e. The summed E-state index contributed by atoms with van der Waals surface area (Å²) in [7, 11) is 1.95. The first kappa shape index (κ1) is 15.1. The average Bonchev–Trinajstić information content (AvgIpc) is 2.37. The van der Waals surface area contributed by atoms with Crippen LogP contribution in [-0.4, -0.2) is 44.9 Å². The van der Waals surface area contributed by atoms with Gasteiger partial charge in [0.2, 0.25) is 0 Å². The molecule has 1 aliphatic carbocycles. The second-order valence-electron chi connectivity index (χ2n) is 5.79. The topological polar surface area (TPSA) is 30.5 Å². The van der Waals surface area contributed by atoms with Crippen LogP contribution in [0.3, 0.4) is 0 Å². The molecule has 0 aromatic rings. The van der Waals surface area contributed by atoms with E-state index in [0.29, 0.717) is 18.6 Å². The molecule has 0 amide bonds. The van der Waals surface area contributed by atoms with Crippen molar-refractivity contribution in [2.24, 2.45) is 5.92 Å². The highest BCUT2D eigenvalue weighted by Gasteiger charge is 2.43. The molecule has 1 aliphatic heterocycles. The van der Waals surface area contributed by atoms with Gasteiger partial charge >= 0.3 is 0 Å². The fraction of sp³-hybridized carbons (Fsp3) is 1.00. The fourth-order valence-electron chi connectivity index (χ4n) is 3.33. The summed E-state index contributed by atoms with van der Waals surface area (Å²) in [6.45, 7) is 0.787. The molecular formula is C14H25F2NO2.